The summed E-state index contributed by atoms with van der Waals surface area (Å²) in [6.45, 7) is 0. The molecule has 0 amide bonds. The number of halogens is 2. The van der Waals surface area contributed by atoms with Gasteiger partial charge in [-0.2, -0.15) is 13.9 Å². The van der Waals surface area contributed by atoms with Gasteiger partial charge in [-0.05, 0) is 12.1 Å². The van der Waals surface area contributed by atoms with Gasteiger partial charge in [0.1, 0.15) is 4.90 Å². The van der Waals surface area contributed by atoms with Crippen LogP contribution in [0.5, 0.6) is 0 Å². The molecule has 0 aliphatic carbocycles. The molecule has 0 saturated carbocycles. The maximum Gasteiger partial charge on any atom is 0.341 e. The van der Waals surface area contributed by atoms with Crippen molar-refractivity contribution in [3.05, 3.63) is 36.7 Å². The molecule has 1 aromatic carbocycles. The number of benzene rings is 1. The minimum Gasteiger partial charge on any atom is -0.284 e. The van der Waals surface area contributed by atoms with Gasteiger partial charge in [0, 0.05) is 6.20 Å². The Kier molecular flexibility index (Phi) is 3.96. The second kappa shape index (κ2) is 5.41. The van der Waals surface area contributed by atoms with E-state index in [-0.39, 0.29) is 5.69 Å². The normalized spacial score (nSPS) is 12.5. The van der Waals surface area contributed by atoms with Crippen molar-refractivity contribution in [2.45, 2.75) is 15.5 Å². The molecule has 0 unspecified atom stereocenters. The standard InChI is InChI=1S/C10H9F2N3O4S2/c11-10(12)20(16,17)8-3-1-2-4-9(8)21(18,19)15-7-5-13-14-6-7/h1-6,10,15H,(H,13,14). The largest absolute Gasteiger partial charge is 0.341 e. The second-order valence-electron chi connectivity index (χ2n) is 3.84. The van der Waals surface area contributed by atoms with E-state index < -0.39 is 35.4 Å². The van der Waals surface area contributed by atoms with Crippen LogP contribution in [0, 0.1) is 0 Å². The number of alkyl halides is 2. The van der Waals surface area contributed by atoms with E-state index in [0.717, 1.165) is 24.4 Å². The summed E-state index contributed by atoms with van der Waals surface area (Å²) in [7, 11) is -9.40. The van der Waals surface area contributed by atoms with E-state index in [1.54, 1.807) is 0 Å². The van der Waals surface area contributed by atoms with Gasteiger partial charge in [0.05, 0.1) is 16.8 Å². The third-order valence-corrected chi connectivity index (χ3v) is 5.44. The summed E-state index contributed by atoms with van der Waals surface area (Å²) >= 11 is 0. The van der Waals surface area contributed by atoms with Crippen LogP contribution in [0.1, 0.15) is 0 Å². The zero-order valence-corrected chi connectivity index (χ0v) is 11.8. The van der Waals surface area contributed by atoms with Crippen LogP contribution in [-0.2, 0) is 19.9 Å². The molecule has 2 N–H and O–H groups in total. The molecule has 2 rings (SSSR count). The molecule has 0 bridgehead atoms. The number of sulfone groups is 1. The van der Waals surface area contributed by atoms with Gasteiger partial charge in [-0.15, -0.1) is 0 Å². The summed E-state index contributed by atoms with van der Waals surface area (Å²) in [6.07, 6.45) is 2.35. The topological polar surface area (TPSA) is 109 Å². The molecule has 21 heavy (non-hydrogen) atoms. The Morgan fingerprint density at radius 3 is 2.24 bits per heavy atom. The zero-order chi connectivity index (χ0) is 15.7. The molecule has 114 valence electrons. The quantitative estimate of drug-likeness (QED) is 0.852. The monoisotopic (exact) mass is 337 g/mol. The number of hydrogen-bond acceptors (Lipinski definition) is 5. The number of sulfonamides is 1. The van der Waals surface area contributed by atoms with E-state index in [2.05, 4.69) is 10.2 Å². The molecular formula is C10H9F2N3O4S2. The summed E-state index contributed by atoms with van der Waals surface area (Å²) in [5.74, 6) is -3.72. The number of nitrogens with one attached hydrogen (secondary N) is 2. The van der Waals surface area contributed by atoms with Crippen molar-refractivity contribution in [1.29, 1.82) is 0 Å². The van der Waals surface area contributed by atoms with Gasteiger partial charge in [0.15, 0.2) is 0 Å². The Bertz CT molecular complexity index is 833. The Morgan fingerprint density at radius 1 is 1.10 bits per heavy atom. The van der Waals surface area contributed by atoms with E-state index in [1.807, 2.05) is 4.72 Å². The van der Waals surface area contributed by atoms with Crippen LogP contribution in [-0.4, -0.2) is 32.8 Å². The van der Waals surface area contributed by atoms with Gasteiger partial charge < -0.3 is 0 Å². The minimum atomic E-state index is -5.05. The van der Waals surface area contributed by atoms with Crippen molar-refractivity contribution in [2.75, 3.05) is 4.72 Å². The lowest BCUT2D eigenvalue weighted by Crippen LogP contribution is -2.19. The van der Waals surface area contributed by atoms with Crippen molar-refractivity contribution >= 4 is 25.5 Å². The Morgan fingerprint density at radius 2 is 1.71 bits per heavy atom. The molecule has 0 fully saturated rings. The number of aromatic amines is 1. The van der Waals surface area contributed by atoms with Gasteiger partial charge in [-0.1, -0.05) is 12.1 Å². The van der Waals surface area contributed by atoms with E-state index in [4.69, 9.17) is 0 Å². The molecular weight excluding hydrogens is 328 g/mol. The number of rotatable bonds is 5. The molecule has 1 aromatic heterocycles. The first-order valence-electron chi connectivity index (χ1n) is 5.38. The summed E-state index contributed by atoms with van der Waals surface area (Å²) in [6, 6.07) is 4.13. The lowest BCUT2D eigenvalue weighted by Gasteiger charge is -2.11. The molecule has 0 spiro atoms. The molecule has 0 aliphatic rings. The number of aromatic nitrogens is 2. The van der Waals surface area contributed by atoms with E-state index in [9.17, 15) is 25.6 Å². The Labute approximate surface area is 119 Å². The van der Waals surface area contributed by atoms with Crippen molar-refractivity contribution < 1.29 is 25.6 Å². The van der Waals surface area contributed by atoms with E-state index >= 15 is 0 Å². The lowest BCUT2D eigenvalue weighted by atomic mass is 10.4. The van der Waals surface area contributed by atoms with Crippen LogP contribution in [0.2, 0.25) is 0 Å². The molecule has 0 atom stereocenters. The van der Waals surface area contributed by atoms with Gasteiger partial charge in [-0.3, -0.25) is 9.82 Å². The predicted octanol–water partition coefficient (Wildman–Crippen LogP) is 1.21. The molecule has 1 heterocycles. The summed E-state index contributed by atoms with van der Waals surface area (Å²) in [5.41, 5.74) is 0.0410. The van der Waals surface area contributed by atoms with Crippen molar-refractivity contribution in [2.24, 2.45) is 0 Å². The fourth-order valence-corrected chi connectivity index (χ4v) is 4.13. The first-order valence-corrected chi connectivity index (χ1v) is 8.41. The van der Waals surface area contributed by atoms with Gasteiger partial charge in [-0.25, -0.2) is 16.8 Å². The van der Waals surface area contributed by atoms with Crippen LogP contribution in [0.4, 0.5) is 14.5 Å². The summed E-state index contributed by atoms with van der Waals surface area (Å²) in [4.78, 5) is -1.72. The third-order valence-electron chi connectivity index (χ3n) is 2.43. The highest BCUT2D eigenvalue weighted by molar-refractivity contribution is 7.95. The van der Waals surface area contributed by atoms with Crippen LogP contribution < -0.4 is 4.72 Å². The lowest BCUT2D eigenvalue weighted by molar-refractivity contribution is 0.234. The van der Waals surface area contributed by atoms with E-state index in [1.165, 1.54) is 12.3 Å². The third kappa shape index (κ3) is 3.03. The molecule has 2 aromatic rings. The highest BCUT2D eigenvalue weighted by Crippen LogP contribution is 2.26. The van der Waals surface area contributed by atoms with Crippen molar-refractivity contribution in [3.63, 3.8) is 0 Å². The zero-order valence-electron chi connectivity index (χ0n) is 10.2. The Balaban J connectivity index is 2.55. The van der Waals surface area contributed by atoms with Crippen LogP contribution in [0.25, 0.3) is 0 Å². The molecule has 0 saturated heterocycles. The average Bonchev–Trinajstić information content (AvgIpc) is 2.90. The van der Waals surface area contributed by atoms with Crippen molar-refractivity contribution in [1.82, 2.24) is 10.2 Å². The molecule has 11 heteroatoms. The maximum atomic E-state index is 12.6. The summed E-state index contributed by atoms with van der Waals surface area (Å²) in [5, 5.41) is 5.86. The highest BCUT2D eigenvalue weighted by Gasteiger charge is 2.33. The number of anilines is 1. The van der Waals surface area contributed by atoms with Gasteiger partial charge >= 0.3 is 5.76 Å². The average molecular weight is 337 g/mol. The number of H-pyrrole nitrogens is 1. The smallest absolute Gasteiger partial charge is 0.284 e. The number of nitrogens with zero attached hydrogens (tertiary/aromatic N) is 1. The SMILES string of the molecule is O=S(=O)(Nc1cn[nH]c1)c1ccccc1S(=O)(=O)C(F)F. The summed E-state index contributed by atoms with van der Waals surface area (Å²) < 4.78 is 74.6. The highest BCUT2D eigenvalue weighted by atomic mass is 32.2. The van der Waals surface area contributed by atoms with Gasteiger partial charge in [0.25, 0.3) is 10.0 Å². The van der Waals surface area contributed by atoms with E-state index in [0.29, 0.717) is 0 Å². The van der Waals surface area contributed by atoms with Crippen LogP contribution in [0.15, 0.2) is 46.5 Å². The van der Waals surface area contributed by atoms with Gasteiger partial charge in [0.2, 0.25) is 9.84 Å². The molecule has 7 nitrogen and oxygen atoms in total. The molecule has 0 aliphatic heterocycles. The fraction of sp³-hybridized carbons (Fsp3) is 0.100. The van der Waals surface area contributed by atoms with Crippen LogP contribution in [0.3, 0.4) is 0 Å². The fourth-order valence-electron chi connectivity index (χ4n) is 1.52. The molecule has 0 radical (unpaired) electrons. The minimum absolute atomic E-state index is 0.0410. The number of hydrogen-bond donors (Lipinski definition) is 2. The second-order valence-corrected chi connectivity index (χ2v) is 7.38. The van der Waals surface area contributed by atoms with Crippen LogP contribution >= 0.6 is 0 Å². The maximum absolute atomic E-state index is 12.6. The first-order chi connectivity index (χ1) is 9.75. The Hall–Kier alpha value is -2.01. The first kappa shape index (κ1) is 15.4. The van der Waals surface area contributed by atoms with Crippen molar-refractivity contribution in [3.8, 4) is 0 Å². The predicted molar refractivity (Wildman–Crippen MR) is 69.0 cm³/mol.